The monoisotopic (exact) mass is 348 g/mol. The van der Waals surface area contributed by atoms with Gasteiger partial charge in [0.2, 0.25) is 9.84 Å². The van der Waals surface area contributed by atoms with Gasteiger partial charge in [0.1, 0.15) is 0 Å². The molecular formula is C14H18F2N2O4S. The van der Waals surface area contributed by atoms with Crippen LogP contribution in [0.4, 0.5) is 19.3 Å². The summed E-state index contributed by atoms with van der Waals surface area (Å²) in [6.07, 6.45) is 1.72. The zero-order chi connectivity index (χ0) is 17.0. The van der Waals surface area contributed by atoms with Crippen LogP contribution >= 0.6 is 0 Å². The van der Waals surface area contributed by atoms with E-state index < -0.39 is 26.5 Å². The van der Waals surface area contributed by atoms with Crippen molar-refractivity contribution in [2.75, 3.05) is 11.9 Å². The lowest BCUT2D eigenvalue weighted by molar-refractivity contribution is 0.0868. The van der Waals surface area contributed by atoms with Gasteiger partial charge in [-0.2, -0.15) is 8.78 Å². The molecule has 0 spiro atoms. The Morgan fingerprint density at radius 2 is 2.13 bits per heavy atom. The molecule has 2 rings (SSSR count). The first-order valence-corrected chi connectivity index (χ1v) is 8.66. The van der Waals surface area contributed by atoms with Crippen LogP contribution < -0.4 is 10.6 Å². The van der Waals surface area contributed by atoms with Gasteiger partial charge in [-0.25, -0.2) is 13.2 Å². The Hall–Kier alpha value is -1.74. The van der Waals surface area contributed by atoms with Gasteiger partial charge in [-0.05, 0) is 38.0 Å². The number of amides is 2. The van der Waals surface area contributed by atoms with Gasteiger partial charge in [0, 0.05) is 12.3 Å². The number of anilines is 1. The van der Waals surface area contributed by atoms with Gasteiger partial charge in [-0.1, -0.05) is 6.07 Å². The Morgan fingerprint density at radius 3 is 2.74 bits per heavy atom. The smallest absolute Gasteiger partial charge is 0.341 e. The second-order valence-corrected chi connectivity index (χ2v) is 7.19. The molecule has 2 amide bonds. The third-order valence-corrected chi connectivity index (χ3v) is 4.92. The highest BCUT2D eigenvalue weighted by molar-refractivity contribution is 7.91. The summed E-state index contributed by atoms with van der Waals surface area (Å²) in [6.45, 7) is 2.46. The molecule has 1 aliphatic heterocycles. The van der Waals surface area contributed by atoms with Crippen molar-refractivity contribution in [3.8, 4) is 0 Å². The van der Waals surface area contributed by atoms with E-state index in [1.807, 2.05) is 0 Å². The first kappa shape index (κ1) is 17.6. The molecule has 0 aliphatic carbocycles. The minimum atomic E-state index is -4.70. The van der Waals surface area contributed by atoms with Gasteiger partial charge in [-0.3, -0.25) is 0 Å². The number of benzene rings is 1. The van der Waals surface area contributed by atoms with Gasteiger partial charge in [-0.15, -0.1) is 0 Å². The predicted octanol–water partition coefficient (Wildman–Crippen LogP) is 2.37. The highest BCUT2D eigenvalue weighted by Gasteiger charge is 2.27. The minimum absolute atomic E-state index is 0.0636. The quantitative estimate of drug-likeness (QED) is 0.856. The van der Waals surface area contributed by atoms with E-state index in [1.54, 1.807) is 6.92 Å². The van der Waals surface area contributed by atoms with Crippen molar-refractivity contribution in [1.82, 2.24) is 5.32 Å². The van der Waals surface area contributed by atoms with Crippen LogP contribution in [0.25, 0.3) is 0 Å². The van der Waals surface area contributed by atoms with Crippen LogP contribution in [0.5, 0.6) is 0 Å². The van der Waals surface area contributed by atoms with Crippen molar-refractivity contribution >= 4 is 21.6 Å². The predicted molar refractivity (Wildman–Crippen MR) is 80.2 cm³/mol. The maximum Gasteiger partial charge on any atom is 0.341 e. The van der Waals surface area contributed by atoms with Crippen molar-refractivity contribution in [2.24, 2.45) is 0 Å². The third kappa shape index (κ3) is 4.38. The Bertz CT molecular complexity index is 660. The summed E-state index contributed by atoms with van der Waals surface area (Å²) in [6, 6.07) is 3.98. The third-order valence-electron chi connectivity index (χ3n) is 3.54. The van der Waals surface area contributed by atoms with Crippen LogP contribution in [0, 0.1) is 0 Å². The number of halogens is 2. The molecule has 23 heavy (non-hydrogen) atoms. The largest absolute Gasteiger partial charge is 0.376 e. The molecule has 1 aromatic carbocycles. The summed E-state index contributed by atoms with van der Waals surface area (Å²) in [5.74, 6) is -3.51. The SMILES string of the molecule is C[C@@H](NC(=O)Nc1cccc(S(=O)(=O)C(F)F)c1)[C@@H]1CCCO1. The number of hydrogen-bond donors (Lipinski definition) is 2. The van der Waals surface area contributed by atoms with E-state index >= 15 is 0 Å². The number of urea groups is 1. The van der Waals surface area contributed by atoms with Gasteiger partial charge in [0.15, 0.2) is 0 Å². The Balaban J connectivity index is 2.01. The fraction of sp³-hybridized carbons (Fsp3) is 0.500. The normalized spacial score (nSPS) is 19.6. The molecule has 1 saturated heterocycles. The zero-order valence-corrected chi connectivity index (χ0v) is 13.3. The maximum atomic E-state index is 12.5. The number of carbonyl (C=O) groups is 1. The standard InChI is InChI=1S/C14H18F2N2O4S/c1-9(12-6-3-7-22-12)17-14(19)18-10-4-2-5-11(8-10)23(20,21)13(15)16/h2,4-5,8-9,12-13H,3,6-7H2,1H3,(H2,17,18,19)/t9-,12+/m1/s1. The molecule has 0 bridgehead atoms. The average Bonchev–Trinajstić information content (AvgIpc) is 3.01. The highest BCUT2D eigenvalue weighted by Crippen LogP contribution is 2.21. The van der Waals surface area contributed by atoms with Crippen molar-refractivity contribution in [3.63, 3.8) is 0 Å². The van der Waals surface area contributed by atoms with Gasteiger partial charge in [0.25, 0.3) is 0 Å². The number of rotatable bonds is 5. The van der Waals surface area contributed by atoms with E-state index in [-0.39, 0.29) is 17.8 Å². The topological polar surface area (TPSA) is 84.5 Å². The number of ether oxygens (including phenoxy) is 1. The van der Waals surface area contributed by atoms with Crippen molar-refractivity contribution in [2.45, 2.75) is 42.6 Å². The first-order chi connectivity index (χ1) is 10.8. The Kier molecular flexibility index (Phi) is 5.53. The lowest BCUT2D eigenvalue weighted by atomic mass is 10.1. The van der Waals surface area contributed by atoms with Gasteiger partial charge < -0.3 is 15.4 Å². The number of alkyl halides is 2. The lowest BCUT2D eigenvalue weighted by Gasteiger charge is -2.20. The molecule has 0 aromatic heterocycles. The summed E-state index contributed by atoms with van der Waals surface area (Å²) >= 11 is 0. The summed E-state index contributed by atoms with van der Waals surface area (Å²) < 4.78 is 53.4. The van der Waals surface area contributed by atoms with Crippen LogP contribution in [0.15, 0.2) is 29.2 Å². The maximum absolute atomic E-state index is 12.5. The summed E-state index contributed by atoms with van der Waals surface area (Å²) in [4.78, 5) is 11.4. The van der Waals surface area contributed by atoms with Crippen LogP contribution in [0.1, 0.15) is 19.8 Å². The molecular weight excluding hydrogens is 330 g/mol. The van der Waals surface area contributed by atoms with E-state index in [0.717, 1.165) is 25.0 Å². The summed E-state index contributed by atoms with van der Waals surface area (Å²) in [5, 5.41) is 5.11. The van der Waals surface area contributed by atoms with E-state index in [0.29, 0.717) is 6.61 Å². The molecule has 0 unspecified atom stereocenters. The van der Waals surface area contributed by atoms with Crippen LogP contribution in [0.3, 0.4) is 0 Å². The molecule has 128 valence electrons. The van der Waals surface area contributed by atoms with Gasteiger partial charge >= 0.3 is 11.8 Å². The van der Waals surface area contributed by atoms with E-state index in [1.165, 1.54) is 12.1 Å². The molecule has 1 fully saturated rings. The highest BCUT2D eigenvalue weighted by atomic mass is 32.2. The fourth-order valence-corrected chi connectivity index (χ4v) is 3.08. The molecule has 2 N–H and O–H groups in total. The molecule has 0 radical (unpaired) electrons. The molecule has 1 heterocycles. The Labute approximate surface area is 133 Å². The van der Waals surface area contributed by atoms with Crippen molar-refractivity contribution < 1.29 is 26.7 Å². The number of hydrogen-bond acceptors (Lipinski definition) is 4. The van der Waals surface area contributed by atoms with Crippen LogP contribution in [-0.2, 0) is 14.6 Å². The number of sulfone groups is 1. The lowest BCUT2D eigenvalue weighted by Crippen LogP contribution is -2.43. The molecule has 1 aromatic rings. The zero-order valence-electron chi connectivity index (χ0n) is 12.5. The van der Waals surface area contributed by atoms with Gasteiger partial charge in [0.05, 0.1) is 17.0 Å². The van der Waals surface area contributed by atoms with Crippen molar-refractivity contribution in [3.05, 3.63) is 24.3 Å². The number of nitrogens with one attached hydrogen (secondary N) is 2. The summed E-state index contributed by atoms with van der Waals surface area (Å²) in [5.41, 5.74) is 0.115. The molecule has 1 aliphatic rings. The Morgan fingerprint density at radius 1 is 1.39 bits per heavy atom. The summed E-state index contributed by atoms with van der Waals surface area (Å²) in [7, 11) is -4.70. The molecule has 0 saturated carbocycles. The average molecular weight is 348 g/mol. The molecule has 6 nitrogen and oxygen atoms in total. The second-order valence-electron chi connectivity index (χ2n) is 5.27. The minimum Gasteiger partial charge on any atom is -0.376 e. The molecule has 2 atom stereocenters. The van der Waals surface area contributed by atoms with E-state index in [4.69, 9.17) is 4.74 Å². The van der Waals surface area contributed by atoms with Crippen LogP contribution in [0.2, 0.25) is 0 Å². The number of carbonyl (C=O) groups excluding carboxylic acids is 1. The molecule has 9 heteroatoms. The van der Waals surface area contributed by atoms with E-state index in [2.05, 4.69) is 10.6 Å². The van der Waals surface area contributed by atoms with E-state index in [9.17, 15) is 22.0 Å². The second kappa shape index (κ2) is 7.22. The fourth-order valence-electron chi connectivity index (χ4n) is 2.32. The first-order valence-electron chi connectivity index (χ1n) is 7.12. The van der Waals surface area contributed by atoms with Crippen molar-refractivity contribution in [1.29, 1.82) is 0 Å². The van der Waals surface area contributed by atoms with Crippen LogP contribution in [-0.4, -0.2) is 39.0 Å².